The molecule has 0 saturated heterocycles. The third-order valence-corrected chi connectivity index (χ3v) is 9.26. The van der Waals surface area contributed by atoms with Crippen molar-refractivity contribution < 1.29 is 0 Å². The molecule has 0 saturated carbocycles. The second kappa shape index (κ2) is 6.39. The summed E-state index contributed by atoms with van der Waals surface area (Å²) in [5.74, 6) is 0. The van der Waals surface area contributed by atoms with E-state index in [1.54, 1.807) is 0 Å². The molecule has 4 heteroatoms. The van der Waals surface area contributed by atoms with Gasteiger partial charge in [0.15, 0.2) is 0 Å². The summed E-state index contributed by atoms with van der Waals surface area (Å²) < 4.78 is 1.20. The van der Waals surface area contributed by atoms with Crippen molar-refractivity contribution in [3.05, 3.63) is 44.6 Å². The second-order valence-electron chi connectivity index (χ2n) is 8.12. The molecule has 3 heterocycles. The van der Waals surface area contributed by atoms with Crippen molar-refractivity contribution in [1.82, 2.24) is 0 Å². The Hall–Kier alpha value is -0.420. The summed E-state index contributed by atoms with van der Waals surface area (Å²) in [6.45, 7) is 13.7. The van der Waals surface area contributed by atoms with E-state index in [4.69, 9.17) is 0 Å². The second-order valence-corrected chi connectivity index (χ2v) is 12.2. The van der Waals surface area contributed by atoms with Gasteiger partial charge in [-0.25, -0.2) is 0 Å². The van der Waals surface area contributed by atoms with Crippen LogP contribution in [0, 0.1) is 0 Å². The average molecular weight is 440 g/mol. The van der Waals surface area contributed by atoms with Crippen LogP contribution in [0.5, 0.6) is 0 Å². The fraction of sp³-hybridized carbons (Fsp3) is 0.400. The molecule has 0 aliphatic heterocycles. The van der Waals surface area contributed by atoms with E-state index < -0.39 is 0 Å². The maximum Gasteiger partial charge on any atom is 0.0591 e. The maximum absolute atomic E-state index is 3.78. The van der Waals surface area contributed by atoms with Crippen LogP contribution >= 0.6 is 49.9 Å². The van der Waals surface area contributed by atoms with E-state index in [-0.39, 0.29) is 10.8 Å². The van der Waals surface area contributed by atoms with Gasteiger partial charge in [0, 0.05) is 28.9 Å². The van der Waals surface area contributed by atoms with Crippen molar-refractivity contribution >= 4 is 49.9 Å². The fourth-order valence-corrected chi connectivity index (χ4v) is 6.75. The predicted molar refractivity (Wildman–Crippen MR) is 116 cm³/mol. The summed E-state index contributed by atoms with van der Waals surface area (Å²) in [5.41, 5.74) is 0.431. The van der Waals surface area contributed by atoms with Crippen molar-refractivity contribution in [3.63, 3.8) is 0 Å². The van der Waals surface area contributed by atoms with Gasteiger partial charge in [-0.05, 0) is 57.1 Å². The van der Waals surface area contributed by atoms with E-state index in [9.17, 15) is 0 Å². The van der Waals surface area contributed by atoms with Gasteiger partial charge in [0.1, 0.15) is 0 Å². The van der Waals surface area contributed by atoms with Crippen LogP contribution < -0.4 is 0 Å². The Bertz CT molecular complexity index is 850. The zero-order valence-electron chi connectivity index (χ0n) is 15.0. The first-order valence-corrected chi connectivity index (χ1v) is 11.3. The first-order chi connectivity index (χ1) is 11.1. The first kappa shape index (κ1) is 18.4. The van der Waals surface area contributed by atoms with Gasteiger partial charge in [-0.1, -0.05) is 41.5 Å². The highest BCUT2D eigenvalue weighted by atomic mass is 79.9. The normalized spacial score (nSPS) is 12.8. The van der Waals surface area contributed by atoms with Gasteiger partial charge in [-0.3, -0.25) is 0 Å². The zero-order valence-corrected chi connectivity index (χ0v) is 19.0. The SMILES string of the molecule is CC(C)(C)c1ccc(-c2cc(Br)c(-c3ccc(C(C)(C)C)s3)s2)s1. The van der Waals surface area contributed by atoms with Crippen LogP contribution in [0.15, 0.2) is 34.8 Å². The largest absolute Gasteiger partial charge is 0.139 e. The monoisotopic (exact) mass is 438 g/mol. The Morgan fingerprint density at radius 1 is 0.667 bits per heavy atom. The van der Waals surface area contributed by atoms with Gasteiger partial charge in [0.25, 0.3) is 0 Å². The molecule has 0 nitrogen and oxygen atoms in total. The van der Waals surface area contributed by atoms with Crippen molar-refractivity contribution in [1.29, 1.82) is 0 Å². The molecule has 0 unspecified atom stereocenters. The van der Waals surface area contributed by atoms with Gasteiger partial charge in [-0.15, -0.1) is 34.0 Å². The van der Waals surface area contributed by atoms with Crippen LogP contribution in [0.1, 0.15) is 51.3 Å². The van der Waals surface area contributed by atoms with Gasteiger partial charge in [0.05, 0.1) is 4.88 Å². The van der Waals surface area contributed by atoms with Crippen LogP contribution in [0.4, 0.5) is 0 Å². The summed E-state index contributed by atoms with van der Waals surface area (Å²) in [5, 5.41) is 0. The highest BCUT2D eigenvalue weighted by Gasteiger charge is 2.20. The van der Waals surface area contributed by atoms with Crippen LogP contribution in [0.25, 0.3) is 19.5 Å². The molecule has 0 N–H and O–H groups in total. The molecule has 0 radical (unpaired) electrons. The Morgan fingerprint density at radius 2 is 1.17 bits per heavy atom. The molecule has 0 aliphatic carbocycles. The van der Waals surface area contributed by atoms with Crippen molar-refractivity contribution in [3.8, 4) is 19.5 Å². The van der Waals surface area contributed by atoms with Crippen LogP contribution in [-0.2, 0) is 10.8 Å². The molecule has 24 heavy (non-hydrogen) atoms. The number of hydrogen-bond acceptors (Lipinski definition) is 3. The number of thiophene rings is 3. The third-order valence-electron chi connectivity index (χ3n) is 3.84. The van der Waals surface area contributed by atoms with Gasteiger partial charge >= 0.3 is 0 Å². The van der Waals surface area contributed by atoms with Gasteiger partial charge in [-0.2, -0.15) is 0 Å². The smallest absolute Gasteiger partial charge is 0.0591 e. The van der Waals surface area contributed by atoms with E-state index in [2.05, 4.69) is 87.8 Å². The zero-order chi connectivity index (χ0) is 17.7. The molecule has 0 bridgehead atoms. The number of hydrogen-bond donors (Lipinski definition) is 0. The Kier molecular flexibility index (Phi) is 4.89. The summed E-state index contributed by atoms with van der Waals surface area (Å²) in [6.07, 6.45) is 0. The molecule has 128 valence electrons. The van der Waals surface area contributed by atoms with E-state index in [1.165, 1.54) is 33.7 Å². The molecule has 3 aromatic heterocycles. The topological polar surface area (TPSA) is 0 Å². The lowest BCUT2D eigenvalue weighted by atomic mass is 9.95. The molecule has 3 aromatic rings. The Labute approximate surface area is 165 Å². The summed E-state index contributed by atoms with van der Waals surface area (Å²) in [6, 6.07) is 11.3. The van der Waals surface area contributed by atoms with Crippen LogP contribution in [-0.4, -0.2) is 0 Å². The lowest BCUT2D eigenvalue weighted by Gasteiger charge is -2.15. The van der Waals surface area contributed by atoms with Gasteiger partial charge in [0.2, 0.25) is 0 Å². The minimum atomic E-state index is 0.213. The predicted octanol–water partition coefficient (Wildman–Crippen LogP) is 8.56. The number of halogens is 1. The molecule has 0 amide bonds. The van der Waals surface area contributed by atoms with Gasteiger partial charge < -0.3 is 0 Å². The molecule has 3 rings (SSSR count). The van der Waals surface area contributed by atoms with Crippen molar-refractivity contribution in [2.75, 3.05) is 0 Å². The van der Waals surface area contributed by atoms with E-state index in [0.29, 0.717) is 0 Å². The quantitative estimate of drug-likeness (QED) is 0.375. The lowest BCUT2D eigenvalue weighted by Crippen LogP contribution is -2.07. The first-order valence-electron chi connectivity index (χ1n) is 8.06. The summed E-state index contributed by atoms with van der Waals surface area (Å²) in [4.78, 5) is 8.29. The third kappa shape index (κ3) is 3.72. The van der Waals surface area contributed by atoms with Crippen molar-refractivity contribution in [2.45, 2.75) is 52.4 Å². The molecule has 0 fully saturated rings. The Morgan fingerprint density at radius 3 is 1.67 bits per heavy atom. The average Bonchev–Trinajstić information content (AvgIpc) is 3.14. The fourth-order valence-electron chi connectivity index (χ4n) is 2.39. The highest BCUT2D eigenvalue weighted by molar-refractivity contribution is 9.10. The van der Waals surface area contributed by atoms with Crippen LogP contribution in [0.2, 0.25) is 0 Å². The minimum absolute atomic E-state index is 0.213. The lowest BCUT2D eigenvalue weighted by molar-refractivity contribution is 0.603. The molecule has 0 spiro atoms. The Balaban J connectivity index is 1.96. The molecular weight excluding hydrogens is 416 g/mol. The standard InChI is InChI=1S/C20H23BrS3/c1-19(2,3)16-9-7-13(22-16)15-11-12(21)18(24-15)14-8-10-17(23-14)20(4,5)6/h7-11H,1-6H3. The molecule has 0 atom stereocenters. The highest BCUT2D eigenvalue weighted by Crippen LogP contribution is 2.46. The minimum Gasteiger partial charge on any atom is -0.139 e. The molecule has 0 aliphatic rings. The van der Waals surface area contributed by atoms with Crippen molar-refractivity contribution in [2.24, 2.45) is 0 Å². The molecule has 0 aromatic carbocycles. The summed E-state index contributed by atoms with van der Waals surface area (Å²) in [7, 11) is 0. The molecular formula is C20H23BrS3. The van der Waals surface area contributed by atoms with E-state index >= 15 is 0 Å². The maximum atomic E-state index is 3.78. The summed E-state index contributed by atoms with van der Waals surface area (Å²) >= 11 is 9.49. The van der Waals surface area contributed by atoms with E-state index in [0.717, 1.165) is 0 Å². The van der Waals surface area contributed by atoms with Crippen LogP contribution in [0.3, 0.4) is 0 Å². The number of rotatable bonds is 2. The van der Waals surface area contributed by atoms with E-state index in [1.807, 2.05) is 34.0 Å².